The molecule has 2 aliphatic heterocycles. The van der Waals surface area contributed by atoms with Crippen LogP contribution in [0.4, 0.5) is 17.6 Å². The minimum Gasteiger partial charge on any atom is -0.285 e. The van der Waals surface area contributed by atoms with Crippen molar-refractivity contribution in [2.75, 3.05) is 0 Å². The summed E-state index contributed by atoms with van der Waals surface area (Å²) in [7, 11) is -4.28. The van der Waals surface area contributed by atoms with Gasteiger partial charge in [0.2, 0.25) is 10.0 Å². The van der Waals surface area contributed by atoms with Crippen molar-refractivity contribution in [3.63, 3.8) is 0 Å². The van der Waals surface area contributed by atoms with Gasteiger partial charge < -0.3 is 0 Å². The zero-order valence-electron chi connectivity index (χ0n) is 13.8. The molecule has 144 valence electrons. The van der Waals surface area contributed by atoms with Crippen LogP contribution >= 0.6 is 0 Å². The Balaban J connectivity index is 1.64. The molecule has 2 bridgehead atoms. The normalized spacial score (nSPS) is 21.0. The van der Waals surface area contributed by atoms with Crippen LogP contribution in [0.5, 0.6) is 0 Å². The third kappa shape index (κ3) is 2.14. The number of rotatable bonds is 2. The molecular formula is C17H10F4N4O2S. The van der Waals surface area contributed by atoms with Gasteiger partial charge in [-0.15, -0.1) is 0 Å². The van der Waals surface area contributed by atoms with Crippen molar-refractivity contribution < 1.29 is 26.0 Å². The third-order valence-corrected chi connectivity index (χ3v) is 6.83. The van der Waals surface area contributed by atoms with E-state index in [2.05, 4.69) is 15.2 Å². The van der Waals surface area contributed by atoms with Gasteiger partial charge in [0, 0.05) is 23.5 Å². The smallest absolute Gasteiger partial charge is 0.285 e. The minimum atomic E-state index is -4.68. The number of aromatic amines is 1. The molecule has 2 atom stereocenters. The number of nitrogens with zero attached hydrogens (tertiary/aromatic N) is 3. The zero-order chi connectivity index (χ0) is 19.8. The number of alkyl halides is 3. The summed E-state index contributed by atoms with van der Waals surface area (Å²) < 4.78 is 80.3. The largest absolute Gasteiger partial charge is 0.433 e. The molecule has 2 aliphatic rings. The van der Waals surface area contributed by atoms with E-state index in [-0.39, 0.29) is 5.56 Å². The molecule has 0 radical (unpaired) electrons. The first-order valence-electron chi connectivity index (χ1n) is 8.10. The molecular weight excluding hydrogens is 400 g/mol. The SMILES string of the molecule is O=S(=O)(c1ccc(C(F)(F)F)nc1)N1C2c3cccc(F)c3C1c1c[nH]nc12. The van der Waals surface area contributed by atoms with Crippen molar-refractivity contribution in [2.45, 2.75) is 23.2 Å². The molecule has 2 unspecified atom stereocenters. The summed E-state index contributed by atoms with van der Waals surface area (Å²) in [6.45, 7) is 0. The first-order chi connectivity index (χ1) is 13.2. The number of nitrogens with one attached hydrogen (secondary N) is 1. The molecule has 1 aromatic carbocycles. The Bertz CT molecular complexity index is 1200. The monoisotopic (exact) mass is 410 g/mol. The van der Waals surface area contributed by atoms with Gasteiger partial charge in [-0.3, -0.25) is 10.1 Å². The van der Waals surface area contributed by atoms with Gasteiger partial charge in [-0.2, -0.15) is 22.6 Å². The summed E-state index contributed by atoms with van der Waals surface area (Å²) in [5.74, 6) is -0.553. The van der Waals surface area contributed by atoms with E-state index in [9.17, 15) is 26.0 Å². The molecule has 0 saturated carbocycles. The second-order valence-electron chi connectivity index (χ2n) is 6.49. The fourth-order valence-electron chi connectivity index (χ4n) is 3.90. The Morgan fingerprint density at radius 1 is 1.07 bits per heavy atom. The molecule has 0 fully saturated rings. The molecule has 5 rings (SSSR count). The highest BCUT2D eigenvalue weighted by Crippen LogP contribution is 2.58. The van der Waals surface area contributed by atoms with Crippen LogP contribution in [0, 0.1) is 5.82 Å². The number of sulfonamides is 1. The van der Waals surface area contributed by atoms with E-state index in [4.69, 9.17) is 0 Å². The highest BCUT2D eigenvalue weighted by Gasteiger charge is 2.56. The van der Waals surface area contributed by atoms with E-state index < -0.39 is 44.7 Å². The van der Waals surface area contributed by atoms with Gasteiger partial charge in [0.05, 0.1) is 17.8 Å². The number of benzene rings is 1. The average molecular weight is 410 g/mol. The van der Waals surface area contributed by atoms with Crippen molar-refractivity contribution in [1.29, 1.82) is 0 Å². The first kappa shape index (κ1) is 17.3. The van der Waals surface area contributed by atoms with Crippen molar-refractivity contribution in [3.05, 3.63) is 76.6 Å². The van der Waals surface area contributed by atoms with Gasteiger partial charge in [0.25, 0.3) is 0 Å². The quantitative estimate of drug-likeness (QED) is 0.659. The van der Waals surface area contributed by atoms with E-state index in [0.717, 1.165) is 10.4 Å². The maximum absolute atomic E-state index is 14.5. The molecule has 1 N–H and O–H groups in total. The number of aromatic nitrogens is 3. The van der Waals surface area contributed by atoms with E-state index in [1.54, 1.807) is 6.07 Å². The van der Waals surface area contributed by atoms with Crippen LogP contribution in [0.2, 0.25) is 0 Å². The highest BCUT2D eigenvalue weighted by atomic mass is 32.2. The predicted molar refractivity (Wildman–Crippen MR) is 86.9 cm³/mol. The maximum Gasteiger partial charge on any atom is 0.433 e. The van der Waals surface area contributed by atoms with Crippen LogP contribution in [0.1, 0.15) is 40.2 Å². The van der Waals surface area contributed by atoms with Gasteiger partial charge in [-0.05, 0) is 23.8 Å². The second-order valence-corrected chi connectivity index (χ2v) is 8.33. The molecule has 4 heterocycles. The summed E-state index contributed by atoms with van der Waals surface area (Å²) in [6.07, 6.45) is -2.51. The Labute approximate surface area is 155 Å². The minimum absolute atomic E-state index is 0.227. The summed E-state index contributed by atoms with van der Waals surface area (Å²) in [5, 5.41) is 6.75. The molecule has 11 heteroatoms. The van der Waals surface area contributed by atoms with Crippen LogP contribution in [0.25, 0.3) is 0 Å². The number of hydrogen-bond donors (Lipinski definition) is 1. The molecule has 0 spiro atoms. The number of hydrogen-bond acceptors (Lipinski definition) is 4. The number of halogens is 4. The summed E-state index contributed by atoms with van der Waals surface area (Å²) in [6, 6.07) is 4.00. The topological polar surface area (TPSA) is 79.0 Å². The lowest BCUT2D eigenvalue weighted by Crippen LogP contribution is -2.30. The van der Waals surface area contributed by atoms with Gasteiger partial charge in [0.15, 0.2) is 0 Å². The van der Waals surface area contributed by atoms with Gasteiger partial charge >= 0.3 is 6.18 Å². The molecule has 0 amide bonds. The van der Waals surface area contributed by atoms with Gasteiger partial charge in [-0.25, -0.2) is 12.8 Å². The Morgan fingerprint density at radius 2 is 1.86 bits per heavy atom. The number of H-pyrrole nitrogens is 1. The summed E-state index contributed by atoms with van der Waals surface area (Å²) >= 11 is 0. The van der Waals surface area contributed by atoms with Crippen LogP contribution in [-0.4, -0.2) is 27.9 Å². The van der Waals surface area contributed by atoms with Gasteiger partial charge in [-0.1, -0.05) is 12.1 Å². The molecule has 2 aromatic heterocycles. The van der Waals surface area contributed by atoms with Crippen molar-refractivity contribution in [1.82, 2.24) is 19.5 Å². The van der Waals surface area contributed by atoms with Crippen molar-refractivity contribution in [3.8, 4) is 0 Å². The summed E-state index contributed by atoms with van der Waals surface area (Å²) in [4.78, 5) is 2.83. The Morgan fingerprint density at radius 3 is 2.54 bits per heavy atom. The fourth-order valence-corrected chi connectivity index (χ4v) is 5.56. The third-order valence-electron chi connectivity index (χ3n) is 5.02. The number of fused-ring (bicyclic) bond motifs is 8. The van der Waals surface area contributed by atoms with Crippen molar-refractivity contribution in [2.24, 2.45) is 0 Å². The lowest BCUT2D eigenvalue weighted by atomic mass is 9.90. The predicted octanol–water partition coefficient (Wildman–Crippen LogP) is 3.16. The van der Waals surface area contributed by atoms with Gasteiger partial charge in [0.1, 0.15) is 16.4 Å². The van der Waals surface area contributed by atoms with E-state index in [1.807, 2.05) is 0 Å². The molecule has 28 heavy (non-hydrogen) atoms. The van der Waals surface area contributed by atoms with Crippen LogP contribution in [0.15, 0.2) is 47.6 Å². The lowest BCUT2D eigenvalue weighted by Gasteiger charge is -2.22. The first-order valence-corrected chi connectivity index (χ1v) is 9.54. The van der Waals surface area contributed by atoms with Crippen LogP contribution in [0.3, 0.4) is 0 Å². The van der Waals surface area contributed by atoms with E-state index in [1.165, 1.54) is 18.3 Å². The fraction of sp³-hybridized carbons (Fsp3) is 0.176. The second kappa shape index (κ2) is 5.39. The van der Waals surface area contributed by atoms with Crippen LogP contribution < -0.4 is 0 Å². The lowest BCUT2D eigenvalue weighted by molar-refractivity contribution is -0.141. The van der Waals surface area contributed by atoms with Crippen LogP contribution in [-0.2, 0) is 16.2 Å². The molecule has 0 aliphatic carbocycles. The Hall–Kier alpha value is -2.79. The standard InChI is InChI=1S/C17H10F4N4O2S/c18-11-3-1-2-9-13(11)15-10-7-23-24-14(10)16(9)25(15)28(26,27)8-4-5-12(22-6-8)17(19,20)21/h1-7,15-16H,(H,23,24). The molecule has 6 nitrogen and oxygen atoms in total. The van der Waals surface area contributed by atoms with E-state index >= 15 is 0 Å². The van der Waals surface area contributed by atoms with E-state index in [0.29, 0.717) is 29.1 Å². The molecule has 3 aromatic rings. The Kier molecular flexibility index (Phi) is 3.33. The maximum atomic E-state index is 14.5. The number of pyridine rings is 1. The summed E-state index contributed by atoms with van der Waals surface area (Å²) in [5.41, 5.74) is 0.466. The van der Waals surface area contributed by atoms with Crippen molar-refractivity contribution >= 4 is 10.0 Å². The average Bonchev–Trinajstić information content (AvgIpc) is 3.31. The zero-order valence-corrected chi connectivity index (χ0v) is 14.6. The highest BCUT2D eigenvalue weighted by molar-refractivity contribution is 7.89. The molecule has 0 saturated heterocycles.